The van der Waals surface area contributed by atoms with Gasteiger partial charge in [0.1, 0.15) is 0 Å². The molecule has 1 aromatic rings. The van der Waals surface area contributed by atoms with Gasteiger partial charge in [-0.05, 0) is 57.3 Å². The van der Waals surface area contributed by atoms with E-state index >= 15 is 0 Å². The molecule has 0 aromatic heterocycles. The Morgan fingerprint density at radius 2 is 2.04 bits per heavy atom. The van der Waals surface area contributed by atoms with Crippen LogP contribution in [-0.4, -0.2) is 61.6 Å². The average molecular weight is 371 g/mol. The lowest BCUT2D eigenvalue weighted by atomic mass is 10.2. The van der Waals surface area contributed by atoms with E-state index in [1.165, 1.54) is 25.9 Å². The third-order valence-electron chi connectivity index (χ3n) is 5.45. The highest BCUT2D eigenvalue weighted by Gasteiger charge is 2.30. The smallest absolute Gasteiger partial charge is 0.222 e. The van der Waals surface area contributed by atoms with Crippen molar-refractivity contribution in [2.75, 3.05) is 39.9 Å². The molecule has 6 heteroatoms. The summed E-state index contributed by atoms with van der Waals surface area (Å²) in [5, 5.41) is 8.95. The number of ether oxygens (including phenoxy) is 2. The van der Waals surface area contributed by atoms with Gasteiger partial charge in [0.2, 0.25) is 5.91 Å². The highest BCUT2D eigenvalue weighted by atomic mass is 16.5. The van der Waals surface area contributed by atoms with E-state index in [4.69, 9.17) is 14.7 Å². The lowest BCUT2D eigenvalue weighted by Crippen LogP contribution is -2.42. The van der Waals surface area contributed by atoms with Crippen molar-refractivity contribution in [1.29, 1.82) is 5.26 Å². The predicted octanol–water partition coefficient (Wildman–Crippen LogP) is 2.81. The summed E-state index contributed by atoms with van der Waals surface area (Å²) < 4.78 is 11.0. The van der Waals surface area contributed by atoms with Crippen LogP contribution in [0, 0.1) is 11.3 Å². The van der Waals surface area contributed by atoms with E-state index in [0.717, 1.165) is 25.9 Å². The van der Waals surface area contributed by atoms with Gasteiger partial charge in [0.05, 0.1) is 25.3 Å². The van der Waals surface area contributed by atoms with E-state index < -0.39 is 0 Å². The van der Waals surface area contributed by atoms with E-state index in [-0.39, 0.29) is 5.91 Å². The fraction of sp³-hybridized carbons (Fsp3) is 0.619. The van der Waals surface area contributed by atoms with E-state index in [0.29, 0.717) is 42.6 Å². The monoisotopic (exact) mass is 371 g/mol. The summed E-state index contributed by atoms with van der Waals surface area (Å²) in [7, 11) is 1.56. The molecule has 1 aromatic carbocycles. The number of hydrogen-bond acceptors (Lipinski definition) is 5. The number of nitriles is 1. The summed E-state index contributed by atoms with van der Waals surface area (Å²) in [4.78, 5) is 17.2. The minimum Gasteiger partial charge on any atom is -0.493 e. The Hall–Kier alpha value is -2.26. The van der Waals surface area contributed by atoms with Crippen molar-refractivity contribution in [3.8, 4) is 17.6 Å². The molecule has 0 N–H and O–H groups in total. The summed E-state index contributed by atoms with van der Waals surface area (Å²) in [6.45, 7) is 4.74. The minimum atomic E-state index is 0.243. The fourth-order valence-electron chi connectivity index (χ4n) is 4.02. The molecule has 6 nitrogen and oxygen atoms in total. The first kappa shape index (κ1) is 19.5. The second-order valence-electron chi connectivity index (χ2n) is 7.32. The molecule has 146 valence electrons. The molecule has 1 atom stereocenters. The number of benzene rings is 1. The van der Waals surface area contributed by atoms with Crippen LogP contribution >= 0.6 is 0 Å². The summed E-state index contributed by atoms with van der Waals surface area (Å²) in [5.74, 6) is 1.40. The molecule has 2 aliphatic heterocycles. The zero-order chi connectivity index (χ0) is 19.1. The summed E-state index contributed by atoms with van der Waals surface area (Å²) in [6, 6.07) is 7.57. The Balaban J connectivity index is 1.43. The molecular formula is C21H29N3O3. The van der Waals surface area contributed by atoms with Gasteiger partial charge in [-0.2, -0.15) is 5.26 Å². The van der Waals surface area contributed by atoms with Crippen LogP contribution in [-0.2, 0) is 4.79 Å². The molecule has 2 heterocycles. The number of nitrogens with zero attached hydrogens (tertiary/aromatic N) is 3. The van der Waals surface area contributed by atoms with E-state index in [2.05, 4.69) is 15.9 Å². The van der Waals surface area contributed by atoms with Crippen molar-refractivity contribution < 1.29 is 14.3 Å². The van der Waals surface area contributed by atoms with Crippen LogP contribution in [0.3, 0.4) is 0 Å². The second-order valence-corrected chi connectivity index (χ2v) is 7.32. The normalized spacial score (nSPS) is 19.9. The van der Waals surface area contributed by atoms with Crippen molar-refractivity contribution in [3.63, 3.8) is 0 Å². The lowest BCUT2D eigenvalue weighted by Gasteiger charge is -2.28. The van der Waals surface area contributed by atoms with Gasteiger partial charge in [-0.15, -0.1) is 0 Å². The Bertz CT molecular complexity index is 680. The van der Waals surface area contributed by atoms with E-state index in [1.807, 2.05) is 0 Å². The molecule has 0 spiro atoms. The van der Waals surface area contributed by atoms with Gasteiger partial charge in [0, 0.05) is 31.6 Å². The van der Waals surface area contributed by atoms with Gasteiger partial charge in [-0.1, -0.05) is 0 Å². The molecule has 3 rings (SSSR count). The van der Waals surface area contributed by atoms with E-state index in [9.17, 15) is 4.79 Å². The summed E-state index contributed by atoms with van der Waals surface area (Å²) in [5.41, 5.74) is 0.535. The maximum Gasteiger partial charge on any atom is 0.222 e. The maximum atomic E-state index is 12.6. The average Bonchev–Trinajstić information content (AvgIpc) is 3.37. The number of amides is 1. The second kappa shape index (κ2) is 9.61. The van der Waals surface area contributed by atoms with Gasteiger partial charge in [0.25, 0.3) is 0 Å². The van der Waals surface area contributed by atoms with Crippen LogP contribution in [0.5, 0.6) is 11.5 Å². The van der Waals surface area contributed by atoms with Crippen molar-refractivity contribution in [1.82, 2.24) is 9.80 Å². The molecule has 2 fully saturated rings. The number of likely N-dealkylation sites (tertiary alicyclic amines) is 2. The molecule has 0 aliphatic carbocycles. The third kappa shape index (κ3) is 5.14. The SMILES string of the molecule is COc1cc(C#N)ccc1OCCCC(=O)N1CCCC1CN1CCCC1. The first-order valence-corrected chi connectivity index (χ1v) is 9.94. The summed E-state index contributed by atoms with van der Waals surface area (Å²) in [6.07, 6.45) is 6.00. The first-order valence-electron chi connectivity index (χ1n) is 9.94. The first-order chi connectivity index (χ1) is 13.2. The lowest BCUT2D eigenvalue weighted by molar-refractivity contribution is -0.132. The number of hydrogen-bond donors (Lipinski definition) is 0. The van der Waals surface area contributed by atoms with Crippen LogP contribution in [0.25, 0.3) is 0 Å². The largest absolute Gasteiger partial charge is 0.493 e. The zero-order valence-corrected chi connectivity index (χ0v) is 16.2. The van der Waals surface area contributed by atoms with Gasteiger partial charge >= 0.3 is 0 Å². The molecule has 0 radical (unpaired) electrons. The van der Waals surface area contributed by atoms with Crippen LogP contribution in [0.4, 0.5) is 0 Å². The topological polar surface area (TPSA) is 65.8 Å². The molecule has 27 heavy (non-hydrogen) atoms. The predicted molar refractivity (Wildman–Crippen MR) is 103 cm³/mol. The van der Waals surface area contributed by atoms with Gasteiger partial charge < -0.3 is 19.3 Å². The van der Waals surface area contributed by atoms with Gasteiger partial charge in [-0.25, -0.2) is 0 Å². The fourth-order valence-corrected chi connectivity index (χ4v) is 4.02. The Morgan fingerprint density at radius 1 is 1.22 bits per heavy atom. The Morgan fingerprint density at radius 3 is 2.78 bits per heavy atom. The van der Waals surface area contributed by atoms with Crippen molar-refractivity contribution >= 4 is 5.91 Å². The van der Waals surface area contributed by atoms with Crippen LogP contribution in [0.1, 0.15) is 44.1 Å². The van der Waals surface area contributed by atoms with Gasteiger partial charge in [-0.3, -0.25) is 4.79 Å². The third-order valence-corrected chi connectivity index (χ3v) is 5.45. The highest BCUT2D eigenvalue weighted by Crippen LogP contribution is 2.28. The molecule has 1 amide bonds. The number of carbonyl (C=O) groups is 1. The standard InChI is InChI=1S/C21H29N3O3/c1-26-20-14-17(15-22)8-9-19(20)27-13-5-7-21(25)24-12-4-6-18(24)16-23-10-2-3-11-23/h8-9,14,18H,2-7,10-13,16H2,1H3. The molecule has 0 bridgehead atoms. The summed E-state index contributed by atoms with van der Waals surface area (Å²) >= 11 is 0. The Kier molecular flexibility index (Phi) is 6.94. The Labute approximate surface area is 161 Å². The zero-order valence-electron chi connectivity index (χ0n) is 16.2. The van der Waals surface area contributed by atoms with E-state index in [1.54, 1.807) is 25.3 Å². The molecular weight excluding hydrogens is 342 g/mol. The molecule has 0 saturated carbocycles. The highest BCUT2D eigenvalue weighted by molar-refractivity contribution is 5.76. The van der Waals surface area contributed by atoms with Crippen LogP contribution in [0.15, 0.2) is 18.2 Å². The minimum absolute atomic E-state index is 0.243. The quantitative estimate of drug-likeness (QED) is 0.658. The number of rotatable bonds is 8. The molecule has 2 aliphatic rings. The van der Waals surface area contributed by atoms with Crippen LogP contribution < -0.4 is 9.47 Å². The molecule has 2 saturated heterocycles. The van der Waals surface area contributed by atoms with Gasteiger partial charge in [0.15, 0.2) is 11.5 Å². The van der Waals surface area contributed by atoms with Crippen molar-refractivity contribution in [2.45, 2.75) is 44.6 Å². The van der Waals surface area contributed by atoms with Crippen molar-refractivity contribution in [3.05, 3.63) is 23.8 Å². The van der Waals surface area contributed by atoms with Crippen molar-refractivity contribution in [2.24, 2.45) is 0 Å². The maximum absolute atomic E-state index is 12.6. The number of carbonyl (C=O) groups excluding carboxylic acids is 1. The number of methoxy groups -OCH3 is 1. The van der Waals surface area contributed by atoms with Crippen LogP contribution in [0.2, 0.25) is 0 Å². The molecule has 1 unspecified atom stereocenters.